The molecule has 1 saturated carbocycles. The predicted octanol–water partition coefficient (Wildman–Crippen LogP) is 5.95. The summed E-state index contributed by atoms with van der Waals surface area (Å²) in [6.07, 6.45) is 0.762. The highest BCUT2D eigenvalue weighted by Crippen LogP contribution is 2.43. The molecule has 2 N–H and O–H groups in total. The van der Waals surface area contributed by atoms with E-state index in [0.717, 1.165) is 22.9 Å². The smallest absolute Gasteiger partial charge is 0.420 e. The number of aryl methyl sites for hydroxylation is 1. The first-order valence-corrected chi connectivity index (χ1v) is 8.50. The normalized spacial score (nSPS) is 14.8. The number of fused-ring (bicyclic) bond motifs is 1. The fourth-order valence-corrected chi connectivity index (χ4v) is 3.24. The van der Waals surface area contributed by atoms with E-state index in [1.54, 1.807) is 12.1 Å². The number of hydrogen-bond acceptors (Lipinski definition) is 2. The third-order valence-corrected chi connectivity index (χ3v) is 4.73. The summed E-state index contributed by atoms with van der Waals surface area (Å²) in [5.74, 6) is 0.326. The molecular formula is C20H18F3NO2. The van der Waals surface area contributed by atoms with Crippen LogP contribution in [-0.4, -0.2) is 10.1 Å². The highest BCUT2D eigenvalue weighted by molar-refractivity contribution is 5.84. The number of hydrogen-bond donors (Lipinski definition) is 2. The minimum atomic E-state index is -4.62. The number of ether oxygens (including phenoxy) is 1. The molecule has 2 aromatic carbocycles. The van der Waals surface area contributed by atoms with E-state index in [1.165, 1.54) is 25.8 Å². The van der Waals surface area contributed by atoms with Gasteiger partial charge >= 0.3 is 6.18 Å². The fraction of sp³-hybridized carbons (Fsp3) is 0.300. The molecule has 1 heterocycles. The van der Waals surface area contributed by atoms with Gasteiger partial charge in [0.2, 0.25) is 0 Å². The maximum Gasteiger partial charge on any atom is 0.420 e. The van der Waals surface area contributed by atoms with E-state index >= 15 is 0 Å². The lowest BCUT2D eigenvalue weighted by atomic mass is 10.1. The molecule has 3 nitrogen and oxygen atoms in total. The largest absolute Gasteiger partial charge is 0.508 e. The monoisotopic (exact) mass is 361 g/mol. The molecule has 0 saturated heterocycles. The second-order valence-corrected chi connectivity index (χ2v) is 6.91. The summed E-state index contributed by atoms with van der Waals surface area (Å²) >= 11 is 0. The van der Waals surface area contributed by atoms with Crippen LogP contribution >= 0.6 is 0 Å². The number of alkyl halides is 3. The van der Waals surface area contributed by atoms with E-state index in [9.17, 15) is 18.3 Å². The summed E-state index contributed by atoms with van der Waals surface area (Å²) in [5, 5.41) is 10.5. The Morgan fingerprint density at radius 1 is 1.19 bits per heavy atom. The maximum atomic E-state index is 13.3. The molecule has 0 radical (unpaired) electrons. The first-order valence-electron chi connectivity index (χ1n) is 8.50. The second kappa shape index (κ2) is 5.97. The number of phenolic OH excluding ortho intramolecular Hbond substituents is 1. The van der Waals surface area contributed by atoms with Crippen LogP contribution in [0.2, 0.25) is 0 Å². The van der Waals surface area contributed by atoms with Crippen molar-refractivity contribution in [1.29, 1.82) is 0 Å². The molecule has 6 heteroatoms. The van der Waals surface area contributed by atoms with Crippen LogP contribution in [0.25, 0.3) is 10.9 Å². The third kappa shape index (κ3) is 3.23. The molecule has 0 spiro atoms. The van der Waals surface area contributed by atoms with Crippen molar-refractivity contribution in [3.05, 3.63) is 53.2 Å². The number of phenols is 1. The summed E-state index contributed by atoms with van der Waals surface area (Å²) in [7, 11) is 0. The number of rotatable bonds is 4. The minimum absolute atomic E-state index is 0.227. The minimum Gasteiger partial charge on any atom is -0.508 e. The lowest BCUT2D eigenvalue weighted by Crippen LogP contribution is -2.08. The average molecular weight is 361 g/mol. The second-order valence-electron chi connectivity index (χ2n) is 6.91. The maximum absolute atomic E-state index is 13.3. The van der Waals surface area contributed by atoms with Gasteiger partial charge in [-0.05, 0) is 73.6 Å². The van der Waals surface area contributed by atoms with Crippen LogP contribution in [0.5, 0.6) is 17.2 Å². The Hall–Kier alpha value is -2.63. The van der Waals surface area contributed by atoms with Gasteiger partial charge in [-0.1, -0.05) is 0 Å². The zero-order valence-corrected chi connectivity index (χ0v) is 14.2. The van der Waals surface area contributed by atoms with Crippen LogP contribution in [0.4, 0.5) is 13.2 Å². The highest BCUT2D eigenvalue weighted by Gasteiger charge is 2.36. The van der Waals surface area contributed by atoms with E-state index in [1.807, 2.05) is 12.3 Å². The molecule has 0 bridgehead atoms. The molecule has 3 aromatic rings. The van der Waals surface area contributed by atoms with Gasteiger partial charge in [-0.15, -0.1) is 0 Å². The van der Waals surface area contributed by atoms with Gasteiger partial charge in [-0.2, -0.15) is 13.2 Å². The molecular weight excluding hydrogens is 343 g/mol. The molecule has 0 atom stereocenters. The van der Waals surface area contributed by atoms with E-state index in [-0.39, 0.29) is 11.3 Å². The summed E-state index contributed by atoms with van der Waals surface area (Å²) in [6.45, 7) is 1.48. The van der Waals surface area contributed by atoms with Gasteiger partial charge in [0.05, 0.1) is 0 Å². The van der Waals surface area contributed by atoms with Crippen molar-refractivity contribution in [3.8, 4) is 17.2 Å². The number of benzene rings is 2. The average Bonchev–Trinajstić information content (AvgIpc) is 3.29. The van der Waals surface area contributed by atoms with Crippen LogP contribution in [0.1, 0.15) is 29.5 Å². The van der Waals surface area contributed by atoms with E-state index < -0.39 is 17.5 Å². The van der Waals surface area contributed by atoms with Gasteiger partial charge in [0.25, 0.3) is 0 Å². The topological polar surface area (TPSA) is 45.2 Å². The van der Waals surface area contributed by atoms with Gasteiger partial charge in [-0.3, -0.25) is 0 Å². The van der Waals surface area contributed by atoms with Crippen LogP contribution in [0.15, 0.2) is 36.5 Å². The lowest BCUT2D eigenvalue weighted by Gasteiger charge is -2.16. The summed E-state index contributed by atoms with van der Waals surface area (Å²) in [5.41, 5.74) is 1.34. The SMILES string of the molecule is Cc1cc(O)cc(C(F)(F)F)c1Oc1ccc2[nH]cc(CC3CC3)c2c1. The zero-order chi connectivity index (χ0) is 18.5. The molecule has 4 rings (SSSR count). The Labute approximate surface area is 148 Å². The van der Waals surface area contributed by atoms with Crippen LogP contribution in [-0.2, 0) is 12.6 Å². The number of aromatic hydroxyl groups is 1. The number of aromatic amines is 1. The Bertz CT molecular complexity index is 971. The Morgan fingerprint density at radius 3 is 2.65 bits per heavy atom. The molecule has 0 unspecified atom stereocenters. The Balaban J connectivity index is 1.73. The summed E-state index contributed by atoms with van der Waals surface area (Å²) in [6, 6.07) is 7.18. The van der Waals surface area contributed by atoms with E-state index in [0.29, 0.717) is 17.7 Å². The molecule has 1 aromatic heterocycles. The molecule has 1 aliphatic rings. The van der Waals surface area contributed by atoms with E-state index in [4.69, 9.17) is 4.74 Å². The number of halogens is 3. The third-order valence-electron chi connectivity index (χ3n) is 4.73. The fourth-order valence-electron chi connectivity index (χ4n) is 3.24. The van der Waals surface area contributed by atoms with Crippen molar-refractivity contribution in [2.24, 2.45) is 5.92 Å². The molecule has 1 aliphatic carbocycles. The van der Waals surface area contributed by atoms with Crippen molar-refractivity contribution < 1.29 is 23.0 Å². The first-order chi connectivity index (χ1) is 12.3. The molecule has 1 fully saturated rings. The van der Waals surface area contributed by atoms with Crippen molar-refractivity contribution in [2.45, 2.75) is 32.4 Å². The van der Waals surface area contributed by atoms with Gasteiger partial charge in [-0.25, -0.2) is 0 Å². The molecule has 0 amide bonds. The van der Waals surface area contributed by atoms with Crippen LogP contribution < -0.4 is 4.74 Å². The van der Waals surface area contributed by atoms with Gasteiger partial charge < -0.3 is 14.8 Å². The number of nitrogens with one attached hydrogen (secondary N) is 1. The molecule has 136 valence electrons. The van der Waals surface area contributed by atoms with E-state index in [2.05, 4.69) is 4.98 Å². The van der Waals surface area contributed by atoms with Gasteiger partial charge in [0.1, 0.15) is 22.8 Å². The van der Waals surface area contributed by atoms with Crippen molar-refractivity contribution in [3.63, 3.8) is 0 Å². The van der Waals surface area contributed by atoms with Gasteiger partial charge in [0, 0.05) is 17.1 Å². The summed E-state index contributed by atoms with van der Waals surface area (Å²) < 4.78 is 45.6. The van der Waals surface area contributed by atoms with Crippen LogP contribution in [0.3, 0.4) is 0 Å². The summed E-state index contributed by atoms with van der Waals surface area (Å²) in [4.78, 5) is 3.20. The van der Waals surface area contributed by atoms with Crippen molar-refractivity contribution >= 4 is 10.9 Å². The molecule has 0 aliphatic heterocycles. The quantitative estimate of drug-likeness (QED) is 0.603. The van der Waals surface area contributed by atoms with Crippen molar-refractivity contribution in [1.82, 2.24) is 4.98 Å². The lowest BCUT2D eigenvalue weighted by molar-refractivity contribution is -0.138. The predicted molar refractivity (Wildman–Crippen MR) is 92.6 cm³/mol. The Morgan fingerprint density at radius 2 is 1.96 bits per heavy atom. The number of H-pyrrole nitrogens is 1. The van der Waals surface area contributed by atoms with Crippen LogP contribution in [0, 0.1) is 12.8 Å². The Kier molecular flexibility index (Phi) is 3.86. The standard InChI is InChI=1S/C20H18F3NO2/c1-11-6-14(25)8-17(20(21,22)23)19(11)26-15-4-5-18-16(9-15)13(10-24-18)7-12-2-3-12/h4-6,8-10,12,24-25H,2-3,7H2,1H3. The first kappa shape index (κ1) is 16.8. The number of aromatic nitrogens is 1. The molecule has 26 heavy (non-hydrogen) atoms. The van der Waals surface area contributed by atoms with Crippen molar-refractivity contribution in [2.75, 3.05) is 0 Å². The van der Waals surface area contributed by atoms with Gasteiger partial charge in [0.15, 0.2) is 0 Å². The highest BCUT2D eigenvalue weighted by atomic mass is 19.4. The zero-order valence-electron chi connectivity index (χ0n) is 14.2.